The predicted molar refractivity (Wildman–Crippen MR) is 88.3 cm³/mol. The van der Waals surface area contributed by atoms with Gasteiger partial charge in [0, 0.05) is 10.9 Å². The van der Waals surface area contributed by atoms with Crippen LogP contribution in [0.1, 0.15) is 4.88 Å². The number of anilines is 1. The fourth-order valence-electron chi connectivity index (χ4n) is 1.97. The largest absolute Gasteiger partial charge is 0.481 e. The Morgan fingerprint density at radius 3 is 2.42 bits per heavy atom. The monoisotopic (exact) mass is 375 g/mol. The van der Waals surface area contributed by atoms with E-state index in [1.165, 1.54) is 17.5 Å². The number of amides is 1. The Bertz CT molecular complexity index is 729. The molecule has 24 heavy (non-hydrogen) atoms. The molecule has 2 rings (SSSR count). The van der Waals surface area contributed by atoms with Crippen molar-refractivity contribution in [2.45, 2.75) is 6.18 Å². The van der Waals surface area contributed by atoms with Crippen LogP contribution in [0.4, 0.5) is 18.9 Å². The summed E-state index contributed by atoms with van der Waals surface area (Å²) in [7, 11) is 0. The highest BCUT2D eigenvalue weighted by Crippen LogP contribution is 2.45. The topological polar surface area (TPSA) is 66.4 Å². The SMILES string of the molecule is O=C(O)CSCC(=O)Nc1csc(C(F)(F)F)c1-c1ccccc1. The van der Waals surface area contributed by atoms with Gasteiger partial charge in [0.1, 0.15) is 4.88 Å². The van der Waals surface area contributed by atoms with Crippen molar-refractivity contribution in [3.05, 3.63) is 40.6 Å². The van der Waals surface area contributed by atoms with Gasteiger partial charge in [-0.1, -0.05) is 30.3 Å². The van der Waals surface area contributed by atoms with E-state index in [1.54, 1.807) is 18.2 Å². The summed E-state index contributed by atoms with van der Waals surface area (Å²) in [5.41, 5.74) is 0.337. The minimum Gasteiger partial charge on any atom is -0.481 e. The van der Waals surface area contributed by atoms with Gasteiger partial charge < -0.3 is 10.4 Å². The fraction of sp³-hybridized carbons (Fsp3) is 0.200. The molecule has 0 aliphatic carbocycles. The Kier molecular flexibility index (Phi) is 5.89. The zero-order valence-corrected chi connectivity index (χ0v) is 13.7. The van der Waals surface area contributed by atoms with E-state index in [1.807, 2.05) is 0 Å². The standard InChI is InChI=1S/C15H12F3NO3S2/c16-15(17,18)14-13(9-4-2-1-3-5-9)10(6-24-14)19-11(20)7-23-8-12(21)22/h1-6H,7-8H2,(H,19,20)(H,21,22). The number of carbonyl (C=O) groups is 2. The second-order valence-corrected chi connectivity index (χ2v) is 6.52. The molecule has 0 aliphatic rings. The zero-order valence-electron chi connectivity index (χ0n) is 12.1. The Morgan fingerprint density at radius 1 is 1.17 bits per heavy atom. The van der Waals surface area contributed by atoms with Crippen molar-refractivity contribution in [2.24, 2.45) is 0 Å². The second-order valence-electron chi connectivity index (χ2n) is 4.65. The Balaban J connectivity index is 2.26. The van der Waals surface area contributed by atoms with Crippen molar-refractivity contribution >= 4 is 40.7 Å². The minimum atomic E-state index is -4.53. The van der Waals surface area contributed by atoms with E-state index in [0.29, 0.717) is 16.9 Å². The number of carboxylic acids is 1. The Labute approximate surface area is 143 Å². The van der Waals surface area contributed by atoms with Crippen LogP contribution in [-0.2, 0) is 15.8 Å². The Morgan fingerprint density at radius 2 is 1.83 bits per heavy atom. The molecule has 0 fully saturated rings. The van der Waals surface area contributed by atoms with E-state index in [9.17, 15) is 22.8 Å². The minimum absolute atomic E-state index is 0.0689. The molecule has 0 unspecified atom stereocenters. The van der Waals surface area contributed by atoms with Crippen molar-refractivity contribution in [1.82, 2.24) is 0 Å². The number of hydrogen-bond donors (Lipinski definition) is 2. The molecule has 0 spiro atoms. The number of rotatable bonds is 6. The molecule has 2 aromatic rings. The number of carboxylic acid groups (broad SMARTS) is 1. The number of carbonyl (C=O) groups excluding carboxylic acids is 1. The van der Waals surface area contributed by atoms with Crippen molar-refractivity contribution < 1.29 is 27.9 Å². The first-order valence-electron chi connectivity index (χ1n) is 6.62. The molecular formula is C15H12F3NO3S2. The molecule has 0 aliphatic heterocycles. The molecule has 1 aromatic heterocycles. The lowest BCUT2D eigenvalue weighted by Gasteiger charge is -2.11. The van der Waals surface area contributed by atoms with Crippen LogP contribution in [0.2, 0.25) is 0 Å². The molecule has 4 nitrogen and oxygen atoms in total. The van der Waals surface area contributed by atoms with Gasteiger partial charge in [0.15, 0.2) is 0 Å². The van der Waals surface area contributed by atoms with Crippen LogP contribution in [-0.4, -0.2) is 28.5 Å². The van der Waals surface area contributed by atoms with Crippen molar-refractivity contribution in [2.75, 3.05) is 16.8 Å². The third kappa shape index (κ3) is 4.75. The van der Waals surface area contributed by atoms with Crippen LogP contribution in [0.3, 0.4) is 0 Å². The van der Waals surface area contributed by atoms with Gasteiger partial charge in [-0.05, 0) is 5.56 Å². The summed E-state index contributed by atoms with van der Waals surface area (Å²) in [5.74, 6) is -2.02. The number of benzene rings is 1. The van der Waals surface area contributed by atoms with Gasteiger partial charge >= 0.3 is 12.1 Å². The average molecular weight is 375 g/mol. The number of thiophene rings is 1. The summed E-state index contributed by atoms with van der Waals surface area (Å²) in [6.07, 6.45) is -4.53. The Hall–Kier alpha value is -2.00. The third-order valence-electron chi connectivity index (χ3n) is 2.84. The maximum Gasteiger partial charge on any atom is 0.426 e. The van der Waals surface area contributed by atoms with Gasteiger partial charge in [-0.2, -0.15) is 13.2 Å². The lowest BCUT2D eigenvalue weighted by molar-refractivity contribution is -0.134. The summed E-state index contributed by atoms with van der Waals surface area (Å²) < 4.78 is 39.6. The lowest BCUT2D eigenvalue weighted by Crippen LogP contribution is -2.16. The van der Waals surface area contributed by atoms with Crippen molar-refractivity contribution in [1.29, 1.82) is 0 Å². The number of nitrogens with one attached hydrogen (secondary N) is 1. The molecule has 9 heteroatoms. The van der Waals surface area contributed by atoms with Crippen LogP contribution in [0.5, 0.6) is 0 Å². The van der Waals surface area contributed by atoms with E-state index in [4.69, 9.17) is 5.11 Å². The molecule has 2 N–H and O–H groups in total. The van der Waals surface area contributed by atoms with Crippen LogP contribution in [0.25, 0.3) is 11.1 Å². The summed E-state index contributed by atoms with van der Waals surface area (Å²) in [5, 5.41) is 12.2. The van der Waals surface area contributed by atoms with Crippen LogP contribution >= 0.6 is 23.1 Å². The van der Waals surface area contributed by atoms with E-state index in [2.05, 4.69) is 5.32 Å². The first kappa shape index (κ1) is 18.3. The van der Waals surface area contributed by atoms with E-state index >= 15 is 0 Å². The van der Waals surface area contributed by atoms with E-state index in [0.717, 1.165) is 11.8 Å². The molecule has 1 heterocycles. The normalized spacial score (nSPS) is 11.3. The molecule has 0 bridgehead atoms. The van der Waals surface area contributed by atoms with Gasteiger partial charge in [0.05, 0.1) is 17.2 Å². The summed E-state index contributed by atoms with van der Waals surface area (Å²) in [6, 6.07) is 7.98. The number of hydrogen-bond acceptors (Lipinski definition) is 4. The molecule has 128 valence electrons. The summed E-state index contributed by atoms with van der Waals surface area (Å²) in [4.78, 5) is 21.5. The second kappa shape index (κ2) is 7.71. The fourth-order valence-corrected chi connectivity index (χ4v) is 3.39. The molecule has 0 saturated carbocycles. The van der Waals surface area contributed by atoms with Gasteiger partial charge in [0.2, 0.25) is 5.91 Å². The summed E-state index contributed by atoms with van der Waals surface area (Å²) >= 11 is 1.38. The number of thioether (sulfide) groups is 1. The third-order valence-corrected chi connectivity index (χ3v) is 4.79. The highest BCUT2D eigenvalue weighted by Gasteiger charge is 2.37. The number of alkyl halides is 3. The van der Waals surface area contributed by atoms with Crippen LogP contribution in [0.15, 0.2) is 35.7 Å². The molecule has 1 amide bonds. The van der Waals surface area contributed by atoms with Gasteiger partial charge in [-0.3, -0.25) is 9.59 Å². The first-order chi connectivity index (χ1) is 11.3. The van der Waals surface area contributed by atoms with Gasteiger partial charge in [-0.15, -0.1) is 23.1 Å². The first-order valence-corrected chi connectivity index (χ1v) is 8.66. The quantitative estimate of drug-likeness (QED) is 0.795. The van der Waals surface area contributed by atoms with Gasteiger partial charge in [-0.25, -0.2) is 0 Å². The summed E-state index contributed by atoms with van der Waals surface area (Å²) in [6.45, 7) is 0. The molecular weight excluding hydrogens is 363 g/mol. The van der Waals surface area contributed by atoms with Crippen molar-refractivity contribution in [3.8, 4) is 11.1 Å². The van der Waals surface area contributed by atoms with Crippen LogP contribution in [0, 0.1) is 0 Å². The molecule has 0 saturated heterocycles. The smallest absolute Gasteiger partial charge is 0.426 e. The zero-order chi connectivity index (χ0) is 17.7. The van der Waals surface area contributed by atoms with E-state index in [-0.39, 0.29) is 22.8 Å². The lowest BCUT2D eigenvalue weighted by atomic mass is 10.0. The molecule has 0 atom stereocenters. The molecule has 1 aromatic carbocycles. The van der Waals surface area contributed by atoms with Gasteiger partial charge in [0.25, 0.3) is 0 Å². The van der Waals surface area contributed by atoms with Crippen LogP contribution < -0.4 is 5.32 Å². The van der Waals surface area contributed by atoms with Crippen molar-refractivity contribution in [3.63, 3.8) is 0 Å². The number of aliphatic carboxylic acids is 1. The van der Waals surface area contributed by atoms with E-state index < -0.39 is 22.9 Å². The highest BCUT2D eigenvalue weighted by molar-refractivity contribution is 8.00. The predicted octanol–water partition coefficient (Wildman–Crippen LogP) is 4.19. The maximum atomic E-state index is 13.2. The number of halogens is 3. The average Bonchev–Trinajstić information content (AvgIpc) is 2.91. The highest BCUT2D eigenvalue weighted by atomic mass is 32.2. The molecule has 0 radical (unpaired) electrons. The maximum absolute atomic E-state index is 13.2.